The fourth-order valence-electron chi connectivity index (χ4n) is 2.66. The van der Waals surface area contributed by atoms with Crippen LogP contribution in [0, 0.1) is 5.92 Å². The molecule has 0 heterocycles. The Morgan fingerprint density at radius 1 is 1.12 bits per heavy atom. The maximum absolute atomic E-state index is 12.7. The number of benzene rings is 1. The Bertz CT molecular complexity index is 597. The quantitative estimate of drug-likeness (QED) is 0.776. The summed E-state index contributed by atoms with van der Waals surface area (Å²) in [6.45, 7) is 10.4. The lowest BCUT2D eigenvalue weighted by molar-refractivity contribution is -0.137. The molecular formula is C20H33N3O2. The third-order valence-corrected chi connectivity index (χ3v) is 4.41. The van der Waals surface area contributed by atoms with Crippen molar-refractivity contribution in [1.29, 1.82) is 0 Å². The van der Waals surface area contributed by atoms with Gasteiger partial charge in [0.1, 0.15) is 0 Å². The number of carbonyl (C=O) groups is 2. The van der Waals surface area contributed by atoms with Gasteiger partial charge >= 0.3 is 0 Å². The lowest BCUT2D eigenvalue weighted by atomic mass is 10.1. The molecule has 0 radical (unpaired) electrons. The molecule has 1 aromatic rings. The molecule has 1 atom stereocenters. The summed E-state index contributed by atoms with van der Waals surface area (Å²) >= 11 is 0. The van der Waals surface area contributed by atoms with Gasteiger partial charge in [-0.3, -0.25) is 9.59 Å². The summed E-state index contributed by atoms with van der Waals surface area (Å²) in [5.74, 6) is 0.0995. The van der Waals surface area contributed by atoms with Crippen LogP contribution in [0.15, 0.2) is 18.2 Å². The third kappa shape index (κ3) is 5.76. The molecule has 1 N–H and O–H groups in total. The van der Waals surface area contributed by atoms with E-state index in [0.717, 1.165) is 23.4 Å². The summed E-state index contributed by atoms with van der Waals surface area (Å²) < 4.78 is 0. The van der Waals surface area contributed by atoms with Crippen molar-refractivity contribution in [2.24, 2.45) is 5.92 Å². The van der Waals surface area contributed by atoms with E-state index in [1.54, 1.807) is 0 Å². The standard InChI is InChI=1S/C20H33N3O2/c1-8-15(5)23(20(25)14(3)4)13-16-12-17(21-19(24)9-2)10-11-18(16)22(6)7/h10-12,14-15H,8-9,13H2,1-7H3,(H,21,24)/t15-/m0/s1. The van der Waals surface area contributed by atoms with E-state index in [0.29, 0.717) is 13.0 Å². The molecule has 1 rings (SSSR count). The Labute approximate surface area is 152 Å². The van der Waals surface area contributed by atoms with Crippen LogP contribution in [0.1, 0.15) is 53.0 Å². The second-order valence-corrected chi connectivity index (χ2v) is 7.02. The largest absolute Gasteiger partial charge is 0.377 e. The van der Waals surface area contributed by atoms with Crippen LogP contribution in [0.4, 0.5) is 11.4 Å². The van der Waals surface area contributed by atoms with E-state index in [1.165, 1.54) is 0 Å². The van der Waals surface area contributed by atoms with Gasteiger partial charge in [-0.1, -0.05) is 27.7 Å². The molecule has 0 aliphatic carbocycles. The molecule has 0 aliphatic heterocycles. The van der Waals surface area contributed by atoms with Crippen LogP contribution in [0.3, 0.4) is 0 Å². The van der Waals surface area contributed by atoms with Gasteiger partial charge in [-0.15, -0.1) is 0 Å². The number of nitrogens with one attached hydrogen (secondary N) is 1. The van der Waals surface area contributed by atoms with Gasteiger partial charge in [-0.25, -0.2) is 0 Å². The minimum Gasteiger partial charge on any atom is -0.377 e. The van der Waals surface area contributed by atoms with E-state index in [9.17, 15) is 9.59 Å². The molecule has 0 saturated heterocycles. The molecule has 25 heavy (non-hydrogen) atoms. The van der Waals surface area contributed by atoms with Crippen LogP contribution in [0.25, 0.3) is 0 Å². The van der Waals surface area contributed by atoms with E-state index < -0.39 is 0 Å². The zero-order valence-electron chi connectivity index (χ0n) is 16.7. The van der Waals surface area contributed by atoms with Crippen molar-refractivity contribution in [1.82, 2.24) is 4.90 Å². The highest BCUT2D eigenvalue weighted by Gasteiger charge is 2.23. The van der Waals surface area contributed by atoms with E-state index in [-0.39, 0.29) is 23.8 Å². The fraction of sp³-hybridized carbons (Fsp3) is 0.600. The van der Waals surface area contributed by atoms with Crippen LogP contribution >= 0.6 is 0 Å². The zero-order valence-corrected chi connectivity index (χ0v) is 16.7. The minimum absolute atomic E-state index is 0.0133. The Hall–Kier alpha value is -2.04. The number of hydrogen-bond acceptors (Lipinski definition) is 3. The molecule has 0 saturated carbocycles. The number of nitrogens with zero attached hydrogens (tertiary/aromatic N) is 2. The summed E-state index contributed by atoms with van der Waals surface area (Å²) in [5, 5.41) is 2.91. The van der Waals surface area contributed by atoms with Crippen molar-refractivity contribution in [3.05, 3.63) is 23.8 Å². The van der Waals surface area contributed by atoms with E-state index >= 15 is 0 Å². The van der Waals surface area contributed by atoms with Gasteiger partial charge in [0.25, 0.3) is 0 Å². The van der Waals surface area contributed by atoms with Crippen LogP contribution in [-0.2, 0) is 16.1 Å². The average molecular weight is 348 g/mol. The van der Waals surface area contributed by atoms with Crippen LogP contribution in [0.5, 0.6) is 0 Å². The fourth-order valence-corrected chi connectivity index (χ4v) is 2.66. The lowest BCUT2D eigenvalue weighted by Gasteiger charge is -2.32. The molecule has 2 amide bonds. The molecule has 0 unspecified atom stereocenters. The number of hydrogen-bond donors (Lipinski definition) is 1. The van der Waals surface area contributed by atoms with Crippen LogP contribution in [0.2, 0.25) is 0 Å². The van der Waals surface area contributed by atoms with Gasteiger partial charge in [-0.05, 0) is 37.1 Å². The summed E-state index contributed by atoms with van der Waals surface area (Å²) in [6.07, 6.45) is 1.34. The molecule has 0 aliphatic rings. The Morgan fingerprint density at radius 3 is 2.24 bits per heavy atom. The number of amides is 2. The minimum atomic E-state index is -0.0419. The highest BCUT2D eigenvalue weighted by Crippen LogP contribution is 2.26. The van der Waals surface area contributed by atoms with Crippen molar-refractivity contribution in [2.45, 2.75) is 60.0 Å². The summed E-state index contributed by atoms with van der Waals surface area (Å²) in [5.41, 5.74) is 2.86. The normalized spacial score (nSPS) is 12.0. The number of carbonyl (C=O) groups excluding carboxylic acids is 2. The molecule has 0 bridgehead atoms. The predicted octanol–water partition coefficient (Wildman–Crippen LogP) is 3.88. The molecule has 0 fully saturated rings. The second-order valence-electron chi connectivity index (χ2n) is 7.02. The molecule has 140 valence electrons. The first kappa shape index (κ1) is 21.0. The Kier molecular flexibility index (Phi) is 7.94. The first-order chi connectivity index (χ1) is 11.7. The maximum Gasteiger partial charge on any atom is 0.225 e. The SMILES string of the molecule is CCC(=O)Nc1ccc(N(C)C)c(CN(C(=O)C(C)C)[C@@H](C)CC)c1. The molecule has 1 aromatic carbocycles. The summed E-state index contributed by atoms with van der Waals surface area (Å²) in [4.78, 5) is 28.4. The van der Waals surface area contributed by atoms with E-state index in [1.807, 2.05) is 62.9 Å². The topological polar surface area (TPSA) is 52.7 Å². The van der Waals surface area contributed by atoms with Gasteiger partial charge < -0.3 is 15.1 Å². The second kappa shape index (κ2) is 9.44. The lowest BCUT2D eigenvalue weighted by Crippen LogP contribution is -2.40. The number of rotatable bonds is 8. The average Bonchev–Trinajstić information content (AvgIpc) is 2.57. The van der Waals surface area contributed by atoms with Crippen molar-refractivity contribution >= 4 is 23.2 Å². The molecule has 0 spiro atoms. The highest BCUT2D eigenvalue weighted by molar-refractivity contribution is 5.91. The maximum atomic E-state index is 12.7. The van der Waals surface area contributed by atoms with E-state index in [2.05, 4.69) is 19.2 Å². The molecule has 5 heteroatoms. The molecular weight excluding hydrogens is 314 g/mol. The molecule has 0 aromatic heterocycles. The molecule has 5 nitrogen and oxygen atoms in total. The van der Waals surface area contributed by atoms with Gasteiger partial charge in [0.05, 0.1) is 0 Å². The third-order valence-electron chi connectivity index (χ3n) is 4.41. The highest BCUT2D eigenvalue weighted by atomic mass is 16.2. The van der Waals surface area contributed by atoms with Crippen molar-refractivity contribution < 1.29 is 9.59 Å². The van der Waals surface area contributed by atoms with E-state index in [4.69, 9.17) is 0 Å². The van der Waals surface area contributed by atoms with Crippen molar-refractivity contribution in [3.8, 4) is 0 Å². The first-order valence-corrected chi connectivity index (χ1v) is 9.11. The number of anilines is 2. The predicted molar refractivity (Wildman–Crippen MR) is 105 cm³/mol. The Balaban J connectivity index is 3.22. The van der Waals surface area contributed by atoms with Gasteiger partial charge in [0, 0.05) is 50.4 Å². The summed E-state index contributed by atoms with van der Waals surface area (Å²) in [7, 11) is 3.97. The van der Waals surface area contributed by atoms with Crippen LogP contribution in [-0.4, -0.2) is 36.9 Å². The van der Waals surface area contributed by atoms with Crippen LogP contribution < -0.4 is 10.2 Å². The van der Waals surface area contributed by atoms with Crippen molar-refractivity contribution in [2.75, 3.05) is 24.3 Å². The van der Waals surface area contributed by atoms with Crippen molar-refractivity contribution in [3.63, 3.8) is 0 Å². The first-order valence-electron chi connectivity index (χ1n) is 9.11. The van der Waals surface area contributed by atoms with Gasteiger partial charge in [-0.2, -0.15) is 0 Å². The van der Waals surface area contributed by atoms with Gasteiger partial charge in [0.15, 0.2) is 0 Å². The van der Waals surface area contributed by atoms with Gasteiger partial charge in [0.2, 0.25) is 11.8 Å². The Morgan fingerprint density at radius 2 is 1.76 bits per heavy atom. The summed E-state index contributed by atoms with van der Waals surface area (Å²) in [6, 6.07) is 6.05. The smallest absolute Gasteiger partial charge is 0.225 e. The zero-order chi connectivity index (χ0) is 19.1. The monoisotopic (exact) mass is 347 g/mol.